The summed E-state index contributed by atoms with van der Waals surface area (Å²) >= 11 is 7.47. The first-order chi connectivity index (χ1) is 10.7. The molecule has 22 heavy (non-hydrogen) atoms. The van der Waals surface area contributed by atoms with Crippen LogP contribution in [0.4, 0.5) is 5.69 Å². The van der Waals surface area contributed by atoms with Crippen LogP contribution in [0.3, 0.4) is 0 Å². The fraction of sp³-hybridized carbons (Fsp3) is 0.235. The summed E-state index contributed by atoms with van der Waals surface area (Å²) in [6, 6.07) is 15.1. The molecule has 0 bridgehead atoms. The lowest BCUT2D eigenvalue weighted by molar-refractivity contribution is -0.115. The lowest BCUT2D eigenvalue weighted by atomic mass is 10.3. The second kappa shape index (κ2) is 8.71. The molecule has 0 aliphatic carbocycles. The molecule has 0 spiro atoms. The Morgan fingerprint density at radius 1 is 1.18 bits per heavy atom. The Kier molecular flexibility index (Phi) is 6.62. The van der Waals surface area contributed by atoms with Gasteiger partial charge >= 0.3 is 0 Å². The van der Waals surface area contributed by atoms with Gasteiger partial charge in [-0.3, -0.25) is 4.79 Å². The van der Waals surface area contributed by atoms with Gasteiger partial charge in [0.25, 0.3) is 0 Å². The summed E-state index contributed by atoms with van der Waals surface area (Å²) in [5.41, 5.74) is 0.714. The monoisotopic (exact) mass is 335 g/mol. The molecule has 0 heterocycles. The van der Waals surface area contributed by atoms with E-state index in [1.165, 1.54) is 0 Å². The van der Waals surface area contributed by atoms with Crippen LogP contribution in [0.1, 0.15) is 13.3 Å². The van der Waals surface area contributed by atoms with E-state index in [1.54, 1.807) is 11.8 Å². The first-order valence-electron chi connectivity index (χ1n) is 7.09. The normalized spacial score (nSPS) is 10.3. The fourth-order valence-electron chi connectivity index (χ4n) is 1.86. The fourth-order valence-corrected chi connectivity index (χ4v) is 2.83. The smallest absolute Gasteiger partial charge is 0.225 e. The summed E-state index contributed by atoms with van der Waals surface area (Å²) in [6.45, 7) is 2.49. The SMILES string of the molecule is CCOc1ccccc1NC(=O)CCSc1ccc(Cl)cc1. The van der Waals surface area contributed by atoms with Gasteiger partial charge in [0.05, 0.1) is 12.3 Å². The first-order valence-corrected chi connectivity index (χ1v) is 8.45. The van der Waals surface area contributed by atoms with Gasteiger partial charge in [-0.1, -0.05) is 23.7 Å². The summed E-state index contributed by atoms with van der Waals surface area (Å²) in [5, 5.41) is 3.61. The molecule has 1 amide bonds. The molecule has 0 aliphatic heterocycles. The van der Waals surface area contributed by atoms with Gasteiger partial charge in [0.2, 0.25) is 5.91 Å². The van der Waals surface area contributed by atoms with Crippen molar-refractivity contribution in [3.05, 3.63) is 53.6 Å². The number of carbonyl (C=O) groups excluding carboxylic acids is 1. The van der Waals surface area contributed by atoms with Gasteiger partial charge in [-0.15, -0.1) is 11.8 Å². The molecule has 3 nitrogen and oxygen atoms in total. The summed E-state index contributed by atoms with van der Waals surface area (Å²) in [5.74, 6) is 1.39. The van der Waals surface area contributed by atoms with E-state index in [-0.39, 0.29) is 5.91 Å². The van der Waals surface area contributed by atoms with Gasteiger partial charge in [-0.25, -0.2) is 0 Å². The molecule has 5 heteroatoms. The van der Waals surface area contributed by atoms with Crippen molar-refractivity contribution in [3.8, 4) is 5.75 Å². The molecule has 0 unspecified atom stereocenters. The van der Waals surface area contributed by atoms with Crippen LogP contribution in [0, 0.1) is 0 Å². The standard InChI is InChI=1S/C17H18ClNO2S/c1-2-21-16-6-4-3-5-15(16)19-17(20)11-12-22-14-9-7-13(18)8-10-14/h3-10H,2,11-12H2,1H3,(H,19,20). The molecule has 0 aliphatic rings. The zero-order chi connectivity index (χ0) is 15.8. The van der Waals surface area contributed by atoms with Gasteiger partial charge < -0.3 is 10.1 Å². The minimum Gasteiger partial charge on any atom is -0.492 e. The number of halogens is 1. The highest BCUT2D eigenvalue weighted by Crippen LogP contribution is 2.25. The number of hydrogen-bond acceptors (Lipinski definition) is 3. The van der Waals surface area contributed by atoms with Crippen LogP contribution in [0.2, 0.25) is 5.02 Å². The number of para-hydroxylation sites is 2. The van der Waals surface area contributed by atoms with Gasteiger partial charge in [0.1, 0.15) is 5.75 Å². The number of benzene rings is 2. The molecular weight excluding hydrogens is 318 g/mol. The topological polar surface area (TPSA) is 38.3 Å². The third-order valence-electron chi connectivity index (χ3n) is 2.87. The van der Waals surface area contributed by atoms with Crippen LogP contribution < -0.4 is 10.1 Å². The second-order valence-electron chi connectivity index (χ2n) is 4.53. The van der Waals surface area contributed by atoms with E-state index in [2.05, 4.69) is 5.32 Å². The van der Waals surface area contributed by atoms with Crippen molar-refractivity contribution in [3.63, 3.8) is 0 Å². The Labute approximate surface area is 140 Å². The van der Waals surface area contributed by atoms with E-state index in [1.807, 2.05) is 55.5 Å². The molecule has 2 rings (SSSR count). The second-order valence-corrected chi connectivity index (χ2v) is 6.13. The van der Waals surface area contributed by atoms with Gasteiger partial charge in [-0.2, -0.15) is 0 Å². The van der Waals surface area contributed by atoms with Crippen molar-refractivity contribution >= 4 is 35.0 Å². The molecule has 116 valence electrons. The lowest BCUT2D eigenvalue weighted by Crippen LogP contribution is -2.13. The minimum absolute atomic E-state index is 0.0198. The Morgan fingerprint density at radius 3 is 2.64 bits per heavy atom. The van der Waals surface area contributed by atoms with Gasteiger partial charge in [0, 0.05) is 22.1 Å². The number of amides is 1. The van der Waals surface area contributed by atoms with Crippen LogP contribution in [-0.4, -0.2) is 18.3 Å². The van der Waals surface area contributed by atoms with E-state index >= 15 is 0 Å². The minimum atomic E-state index is -0.0198. The Balaban J connectivity index is 1.82. The highest BCUT2D eigenvalue weighted by molar-refractivity contribution is 7.99. The lowest BCUT2D eigenvalue weighted by Gasteiger charge is -2.11. The Bertz CT molecular complexity index is 616. The summed E-state index contributed by atoms with van der Waals surface area (Å²) < 4.78 is 5.49. The predicted molar refractivity (Wildman–Crippen MR) is 93.0 cm³/mol. The van der Waals surface area contributed by atoms with E-state index in [4.69, 9.17) is 16.3 Å². The van der Waals surface area contributed by atoms with Crippen LogP contribution >= 0.6 is 23.4 Å². The number of anilines is 1. The summed E-state index contributed by atoms with van der Waals surface area (Å²) in [6.07, 6.45) is 0.438. The van der Waals surface area contributed by atoms with Crippen molar-refractivity contribution in [1.82, 2.24) is 0 Å². The zero-order valence-corrected chi connectivity index (χ0v) is 13.9. The summed E-state index contributed by atoms with van der Waals surface area (Å²) in [7, 11) is 0. The molecule has 1 N–H and O–H groups in total. The van der Waals surface area contributed by atoms with Gasteiger partial charge in [-0.05, 0) is 43.3 Å². The third-order valence-corrected chi connectivity index (χ3v) is 4.14. The van der Waals surface area contributed by atoms with Crippen molar-refractivity contribution in [2.45, 2.75) is 18.2 Å². The number of ether oxygens (including phenoxy) is 1. The quantitative estimate of drug-likeness (QED) is 0.734. The molecule has 0 fully saturated rings. The zero-order valence-electron chi connectivity index (χ0n) is 12.3. The Morgan fingerprint density at radius 2 is 1.91 bits per heavy atom. The Hall–Kier alpha value is -1.65. The highest BCUT2D eigenvalue weighted by Gasteiger charge is 2.07. The van der Waals surface area contributed by atoms with Crippen molar-refractivity contribution in [1.29, 1.82) is 0 Å². The molecular formula is C17H18ClNO2S. The van der Waals surface area contributed by atoms with E-state index < -0.39 is 0 Å². The number of rotatable bonds is 7. The van der Waals surface area contributed by atoms with Crippen LogP contribution in [0.5, 0.6) is 5.75 Å². The maximum Gasteiger partial charge on any atom is 0.225 e. The molecule has 0 aromatic heterocycles. The molecule has 2 aromatic rings. The average Bonchev–Trinajstić information content (AvgIpc) is 2.51. The molecule has 2 aromatic carbocycles. The number of carbonyl (C=O) groups is 1. The van der Waals surface area contributed by atoms with Crippen LogP contribution in [-0.2, 0) is 4.79 Å². The summed E-state index contributed by atoms with van der Waals surface area (Å²) in [4.78, 5) is 13.1. The molecule has 0 atom stereocenters. The third kappa shape index (κ3) is 5.28. The van der Waals surface area contributed by atoms with Crippen molar-refractivity contribution in [2.24, 2.45) is 0 Å². The molecule has 0 radical (unpaired) electrons. The van der Waals surface area contributed by atoms with Crippen molar-refractivity contribution in [2.75, 3.05) is 17.7 Å². The van der Waals surface area contributed by atoms with Crippen LogP contribution in [0.25, 0.3) is 0 Å². The molecule has 0 saturated heterocycles. The van der Waals surface area contributed by atoms with E-state index in [0.717, 1.165) is 9.92 Å². The molecule has 0 saturated carbocycles. The first kappa shape index (κ1) is 16.7. The highest BCUT2D eigenvalue weighted by atomic mass is 35.5. The largest absolute Gasteiger partial charge is 0.492 e. The van der Waals surface area contributed by atoms with Gasteiger partial charge in [0.15, 0.2) is 0 Å². The number of hydrogen-bond donors (Lipinski definition) is 1. The predicted octanol–water partition coefficient (Wildman–Crippen LogP) is 4.86. The number of nitrogens with one attached hydrogen (secondary N) is 1. The van der Waals surface area contributed by atoms with Crippen molar-refractivity contribution < 1.29 is 9.53 Å². The van der Waals surface area contributed by atoms with E-state index in [0.29, 0.717) is 30.2 Å². The van der Waals surface area contributed by atoms with E-state index in [9.17, 15) is 4.79 Å². The average molecular weight is 336 g/mol. The van der Waals surface area contributed by atoms with Crippen LogP contribution in [0.15, 0.2) is 53.4 Å². The number of thioether (sulfide) groups is 1. The maximum atomic E-state index is 12.0. The maximum absolute atomic E-state index is 12.0.